The molecule has 2 aromatic rings. The fourth-order valence-electron chi connectivity index (χ4n) is 1.76. The smallest absolute Gasteiger partial charge is 0.133 e. The number of benzene rings is 1. The standard InChI is InChI=1S/C15H16BrClO2/c1-3-8-18-13-7-5-11(9-12(13)16)15(17)14-6-4-10(2)19-14/h4-7,9,15H,3,8H2,1-2H3. The molecule has 0 N–H and O–H groups in total. The van der Waals surface area contributed by atoms with Crippen LogP contribution in [0.1, 0.15) is 35.8 Å². The van der Waals surface area contributed by atoms with Gasteiger partial charge in [0.1, 0.15) is 22.6 Å². The van der Waals surface area contributed by atoms with Crippen LogP contribution in [0.15, 0.2) is 39.2 Å². The Hall–Kier alpha value is -0.930. The van der Waals surface area contributed by atoms with Gasteiger partial charge in [-0.1, -0.05) is 13.0 Å². The molecule has 2 rings (SSSR count). The van der Waals surface area contributed by atoms with E-state index in [1.54, 1.807) is 0 Å². The second kappa shape index (κ2) is 6.49. The van der Waals surface area contributed by atoms with Crippen LogP contribution in [0.25, 0.3) is 0 Å². The second-order valence-electron chi connectivity index (χ2n) is 4.35. The van der Waals surface area contributed by atoms with E-state index >= 15 is 0 Å². The molecular weight excluding hydrogens is 328 g/mol. The molecule has 102 valence electrons. The van der Waals surface area contributed by atoms with Gasteiger partial charge in [0.05, 0.1) is 11.1 Å². The first-order valence-electron chi connectivity index (χ1n) is 6.24. The number of furan rings is 1. The van der Waals surface area contributed by atoms with Crippen molar-refractivity contribution in [2.45, 2.75) is 25.6 Å². The quantitative estimate of drug-likeness (QED) is 0.672. The van der Waals surface area contributed by atoms with Gasteiger partial charge in [0.15, 0.2) is 0 Å². The zero-order valence-corrected chi connectivity index (χ0v) is 13.3. The zero-order valence-electron chi connectivity index (χ0n) is 11.0. The minimum atomic E-state index is -0.287. The average molecular weight is 344 g/mol. The van der Waals surface area contributed by atoms with Gasteiger partial charge in [0, 0.05) is 0 Å². The Morgan fingerprint density at radius 2 is 2.11 bits per heavy atom. The fraction of sp³-hybridized carbons (Fsp3) is 0.333. The number of rotatable bonds is 5. The summed E-state index contributed by atoms with van der Waals surface area (Å²) in [5, 5.41) is -0.287. The SMILES string of the molecule is CCCOc1ccc(C(Cl)c2ccc(C)o2)cc1Br. The van der Waals surface area contributed by atoms with Crippen LogP contribution in [0.4, 0.5) is 0 Å². The molecule has 0 saturated heterocycles. The highest BCUT2D eigenvalue weighted by molar-refractivity contribution is 9.10. The van der Waals surface area contributed by atoms with Crippen molar-refractivity contribution >= 4 is 27.5 Å². The third-order valence-corrected chi connectivity index (χ3v) is 3.81. The van der Waals surface area contributed by atoms with Crippen LogP contribution < -0.4 is 4.74 Å². The molecule has 0 aliphatic carbocycles. The van der Waals surface area contributed by atoms with Crippen LogP contribution in [0, 0.1) is 6.92 Å². The van der Waals surface area contributed by atoms with Crippen LogP contribution in [0.2, 0.25) is 0 Å². The Morgan fingerprint density at radius 3 is 2.68 bits per heavy atom. The Labute approximate surface area is 126 Å². The topological polar surface area (TPSA) is 22.4 Å². The van der Waals surface area contributed by atoms with Crippen LogP contribution in [-0.2, 0) is 0 Å². The van der Waals surface area contributed by atoms with Crippen molar-refractivity contribution < 1.29 is 9.15 Å². The van der Waals surface area contributed by atoms with Crippen LogP contribution >= 0.6 is 27.5 Å². The van der Waals surface area contributed by atoms with E-state index in [-0.39, 0.29) is 5.38 Å². The lowest BCUT2D eigenvalue weighted by Gasteiger charge is -2.11. The van der Waals surface area contributed by atoms with Gasteiger partial charge in [-0.15, -0.1) is 11.6 Å². The summed E-state index contributed by atoms with van der Waals surface area (Å²) in [7, 11) is 0. The summed E-state index contributed by atoms with van der Waals surface area (Å²) in [6.45, 7) is 4.70. The summed E-state index contributed by atoms with van der Waals surface area (Å²) in [6, 6.07) is 9.69. The van der Waals surface area contributed by atoms with Crippen molar-refractivity contribution in [2.24, 2.45) is 0 Å². The van der Waals surface area contributed by atoms with Gasteiger partial charge in [0.2, 0.25) is 0 Å². The van der Waals surface area contributed by atoms with Crippen molar-refractivity contribution in [1.29, 1.82) is 0 Å². The van der Waals surface area contributed by atoms with E-state index in [2.05, 4.69) is 22.9 Å². The van der Waals surface area contributed by atoms with E-state index < -0.39 is 0 Å². The predicted molar refractivity (Wildman–Crippen MR) is 81.1 cm³/mol. The summed E-state index contributed by atoms with van der Waals surface area (Å²) in [4.78, 5) is 0. The van der Waals surface area contributed by atoms with Gasteiger partial charge < -0.3 is 9.15 Å². The third kappa shape index (κ3) is 3.54. The van der Waals surface area contributed by atoms with Gasteiger partial charge in [-0.05, 0) is 59.1 Å². The predicted octanol–water partition coefficient (Wildman–Crippen LogP) is 5.47. The highest BCUT2D eigenvalue weighted by atomic mass is 79.9. The Bertz CT molecular complexity index is 551. The third-order valence-electron chi connectivity index (χ3n) is 2.72. The minimum absolute atomic E-state index is 0.287. The molecular formula is C15H16BrClO2. The number of alkyl halides is 1. The lowest BCUT2D eigenvalue weighted by molar-refractivity contribution is 0.315. The Morgan fingerprint density at radius 1 is 1.32 bits per heavy atom. The van der Waals surface area contributed by atoms with Gasteiger partial charge in [-0.2, -0.15) is 0 Å². The first kappa shape index (κ1) is 14.5. The van der Waals surface area contributed by atoms with Crippen molar-refractivity contribution in [2.75, 3.05) is 6.61 Å². The largest absolute Gasteiger partial charge is 0.492 e. The zero-order chi connectivity index (χ0) is 13.8. The second-order valence-corrected chi connectivity index (χ2v) is 5.64. The van der Waals surface area contributed by atoms with E-state index in [9.17, 15) is 0 Å². The summed E-state index contributed by atoms with van der Waals surface area (Å²) in [6.07, 6.45) is 0.984. The molecule has 0 aliphatic rings. The number of aryl methyl sites for hydroxylation is 1. The van der Waals surface area contributed by atoms with E-state index in [4.69, 9.17) is 20.8 Å². The molecule has 0 bridgehead atoms. The molecule has 19 heavy (non-hydrogen) atoms. The van der Waals surface area contributed by atoms with Crippen LogP contribution in [0.3, 0.4) is 0 Å². The Kier molecular flexibility index (Phi) is 4.94. The molecule has 0 fully saturated rings. The van der Waals surface area contributed by atoms with Gasteiger partial charge in [0.25, 0.3) is 0 Å². The average Bonchev–Trinajstić information content (AvgIpc) is 2.83. The van der Waals surface area contributed by atoms with Crippen molar-refractivity contribution in [3.05, 3.63) is 51.9 Å². The van der Waals surface area contributed by atoms with Crippen molar-refractivity contribution in [1.82, 2.24) is 0 Å². The number of halogens is 2. The highest BCUT2D eigenvalue weighted by Gasteiger charge is 2.16. The fourth-order valence-corrected chi connectivity index (χ4v) is 2.52. The molecule has 4 heteroatoms. The van der Waals surface area contributed by atoms with Crippen LogP contribution in [-0.4, -0.2) is 6.61 Å². The van der Waals surface area contributed by atoms with Crippen molar-refractivity contribution in [3.8, 4) is 5.75 Å². The molecule has 0 spiro atoms. The molecule has 1 heterocycles. The summed E-state index contributed by atoms with van der Waals surface area (Å²) >= 11 is 9.93. The molecule has 1 aromatic heterocycles. The number of ether oxygens (including phenoxy) is 1. The molecule has 1 unspecified atom stereocenters. The number of hydrogen-bond acceptors (Lipinski definition) is 2. The molecule has 0 saturated carbocycles. The maximum Gasteiger partial charge on any atom is 0.133 e. The van der Waals surface area contributed by atoms with E-state index in [0.717, 1.165) is 33.7 Å². The summed E-state index contributed by atoms with van der Waals surface area (Å²) in [5.41, 5.74) is 0.978. The monoisotopic (exact) mass is 342 g/mol. The molecule has 1 atom stereocenters. The maximum atomic E-state index is 6.42. The highest BCUT2D eigenvalue weighted by Crippen LogP contribution is 2.34. The first-order valence-corrected chi connectivity index (χ1v) is 7.47. The minimum Gasteiger partial charge on any atom is -0.492 e. The normalized spacial score (nSPS) is 12.4. The van der Waals surface area contributed by atoms with Crippen molar-refractivity contribution in [3.63, 3.8) is 0 Å². The molecule has 2 nitrogen and oxygen atoms in total. The molecule has 1 aromatic carbocycles. The van der Waals surface area contributed by atoms with Gasteiger partial charge in [-0.3, -0.25) is 0 Å². The van der Waals surface area contributed by atoms with Gasteiger partial charge >= 0.3 is 0 Å². The number of hydrogen-bond donors (Lipinski definition) is 0. The van der Waals surface area contributed by atoms with E-state index in [1.165, 1.54) is 0 Å². The molecule has 0 radical (unpaired) electrons. The lowest BCUT2D eigenvalue weighted by Crippen LogP contribution is -1.97. The van der Waals surface area contributed by atoms with Crippen LogP contribution in [0.5, 0.6) is 5.75 Å². The van der Waals surface area contributed by atoms with Gasteiger partial charge in [-0.25, -0.2) is 0 Å². The Balaban J connectivity index is 2.19. The van der Waals surface area contributed by atoms with E-state index in [1.807, 2.05) is 37.3 Å². The lowest BCUT2D eigenvalue weighted by atomic mass is 10.1. The van der Waals surface area contributed by atoms with E-state index in [0.29, 0.717) is 6.61 Å². The summed E-state index contributed by atoms with van der Waals surface area (Å²) < 4.78 is 12.1. The molecule has 0 aliphatic heterocycles. The summed E-state index contributed by atoms with van der Waals surface area (Å²) in [5.74, 6) is 2.46. The maximum absolute atomic E-state index is 6.42. The molecule has 0 amide bonds. The first-order chi connectivity index (χ1) is 9.11.